The zero-order valence-electron chi connectivity index (χ0n) is 29.9. The fraction of sp³-hybridized carbons (Fsp3) is 0.351. The molecule has 0 aliphatic carbocycles. The van der Waals surface area contributed by atoms with Crippen molar-refractivity contribution in [2.45, 2.75) is 12.4 Å². The fourth-order valence-corrected chi connectivity index (χ4v) is 7.38. The van der Waals surface area contributed by atoms with Crippen molar-refractivity contribution in [1.29, 1.82) is 0 Å². The molecule has 0 unspecified atom stereocenters. The third-order valence-electron chi connectivity index (χ3n) is 9.04. The summed E-state index contributed by atoms with van der Waals surface area (Å²) in [7, 11) is 0. The molecule has 0 spiro atoms. The molecule has 3 aromatic rings. The Morgan fingerprint density at radius 3 is 2.16 bits per heavy atom. The highest BCUT2D eigenvalue weighted by atomic mass is 32.2. The lowest BCUT2D eigenvalue weighted by atomic mass is 9.97. The lowest BCUT2D eigenvalue weighted by molar-refractivity contribution is -0.143. The Kier molecular flexibility index (Phi) is 13.1. The molecule has 3 heterocycles. The summed E-state index contributed by atoms with van der Waals surface area (Å²) in [5.74, 6) is -2.31. The number of alkyl halides is 6. The van der Waals surface area contributed by atoms with Crippen LogP contribution in [-0.2, 0) is 31.4 Å². The number of hydrazine groups is 1. The van der Waals surface area contributed by atoms with Crippen LogP contribution in [-0.4, -0.2) is 109 Å². The number of morpholine rings is 2. The number of benzene rings is 3. The van der Waals surface area contributed by atoms with Gasteiger partial charge in [0.25, 0.3) is 5.91 Å². The second kappa shape index (κ2) is 17.8. The summed E-state index contributed by atoms with van der Waals surface area (Å²) in [6.07, 6.45) is -8.76. The van der Waals surface area contributed by atoms with Gasteiger partial charge in [0.1, 0.15) is 12.4 Å². The standard InChI is InChI=1S/C37H35F6N5O7S2/c38-36(39,40)25-16-23(17-26(19-25)37(41,42)43)22-1-4-30(55-14-7-46-5-10-53-11-6-46)24(15-22)18-31-33(50)48(35(56)57-31)44-21-32(49)45-27-2-3-29(28(20-27)34(51)52)47-8-12-54-13-9-47/h1-4,15-20,44H,5-14,21H2,(H,45,49)(H,51,52)/b31-18-. The Labute approximate surface area is 331 Å². The van der Waals surface area contributed by atoms with Crippen LogP contribution in [0.25, 0.3) is 17.2 Å². The van der Waals surface area contributed by atoms with E-state index in [9.17, 15) is 45.8 Å². The van der Waals surface area contributed by atoms with Gasteiger partial charge in [-0.1, -0.05) is 30.0 Å². The highest BCUT2D eigenvalue weighted by molar-refractivity contribution is 8.26. The second-order valence-electron chi connectivity index (χ2n) is 12.9. The predicted octanol–water partition coefficient (Wildman–Crippen LogP) is 5.98. The number of ether oxygens (including phenoxy) is 3. The number of aromatic carboxylic acids is 1. The first-order chi connectivity index (χ1) is 27.1. The van der Waals surface area contributed by atoms with Gasteiger partial charge >= 0.3 is 18.3 Å². The van der Waals surface area contributed by atoms with E-state index in [0.29, 0.717) is 77.0 Å². The molecule has 0 radical (unpaired) electrons. The molecule has 0 bridgehead atoms. The molecule has 12 nitrogen and oxygen atoms in total. The Morgan fingerprint density at radius 2 is 1.53 bits per heavy atom. The molecule has 57 heavy (non-hydrogen) atoms. The Bertz CT molecular complexity index is 2020. The third kappa shape index (κ3) is 10.6. The Balaban J connectivity index is 1.21. The molecule has 0 atom stereocenters. The van der Waals surface area contributed by atoms with E-state index in [0.717, 1.165) is 16.8 Å². The van der Waals surface area contributed by atoms with Gasteiger partial charge in [0.05, 0.1) is 60.3 Å². The average Bonchev–Trinajstić information content (AvgIpc) is 3.44. The predicted molar refractivity (Wildman–Crippen MR) is 203 cm³/mol. The number of carbonyl (C=O) groups is 3. The smallest absolute Gasteiger partial charge is 0.416 e. The summed E-state index contributed by atoms with van der Waals surface area (Å²) in [4.78, 5) is 42.5. The van der Waals surface area contributed by atoms with Crippen molar-refractivity contribution in [3.63, 3.8) is 0 Å². The van der Waals surface area contributed by atoms with E-state index >= 15 is 0 Å². The summed E-state index contributed by atoms with van der Waals surface area (Å²) in [6.45, 7) is 4.52. The minimum absolute atomic E-state index is 0.000662. The van der Waals surface area contributed by atoms with Crippen molar-refractivity contribution in [2.24, 2.45) is 0 Å². The van der Waals surface area contributed by atoms with Crippen LogP contribution in [0.5, 0.6) is 5.75 Å². The minimum atomic E-state index is -5.06. The zero-order chi connectivity index (χ0) is 40.9. The summed E-state index contributed by atoms with van der Waals surface area (Å²) in [5.41, 5.74) is 0.143. The number of carboxylic acids is 1. The molecule has 0 aromatic heterocycles. The fourth-order valence-electron chi connectivity index (χ4n) is 6.17. The van der Waals surface area contributed by atoms with Crippen molar-refractivity contribution in [1.82, 2.24) is 15.3 Å². The average molecular weight is 840 g/mol. The number of carboxylic acid groups (broad SMARTS) is 1. The molecule has 3 aromatic carbocycles. The van der Waals surface area contributed by atoms with E-state index in [1.807, 2.05) is 4.90 Å². The number of nitrogens with one attached hydrogen (secondary N) is 2. The van der Waals surface area contributed by atoms with Crippen molar-refractivity contribution in [3.8, 4) is 16.9 Å². The van der Waals surface area contributed by atoms with Gasteiger partial charge < -0.3 is 29.5 Å². The van der Waals surface area contributed by atoms with Gasteiger partial charge in [-0.05, 0) is 65.7 Å². The summed E-state index contributed by atoms with van der Waals surface area (Å²) >= 11 is 6.23. The molecule has 3 aliphatic rings. The maximum Gasteiger partial charge on any atom is 0.416 e. The molecule has 6 rings (SSSR count). The van der Waals surface area contributed by atoms with Crippen LogP contribution in [0.4, 0.5) is 37.7 Å². The summed E-state index contributed by atoms with van der Waals surface area (Å²) in [5, 5.41) is 13.4. The van der Waals surface area contributed by atoms with E-state index in [1.54, 1.807) is 12.1 Å². The van der Waals surface area contributed by atoms with Gasteiger partial charge in [-0.15, -0.1) is 0 Å². The number of amides is 2. The minimum Gasteiger partial charge on any atom is -0.492 e. The molecule has 304 valence electrons. The number of thiocarbonyl (C=S) groups is 1. The highest BCUT2D eigenvalue weighted by Gasteiger charge is 2.37. The monoisotopic (exact) mass is 839 g/mol. The van der Waals surface area contributed by atoms with Crippen LogP contribution in [0.1, 0.15) is 27.0 Å². The molecule has 2 amide bonds. The number of hydrogen-bond acceptors (Lipinski definition) is 11. The molecular formula is C37H35F6N5O7S2. The number of anilines is 2. The summed E-state index contributed by atoms with van der Waals surface area (Å²) < 4.78 is 98.9. The number of thioether (sulfide) groups is 1. The molecule has 0 saturated carbocycles. The quantitative estimate of drug-likeness (QED) is 0.113. The topological polar surface area (TPSA) is 133 Å². The first kappa shape index (κ1) is 41.9. The van der Waals surface area contributed by atoms with Gasteiger partial charge in [-0.25, -0.2) is 15.2 Å². The highest BCUT2D eigenvalue weighted by Crippen LogP contribution is 2.40. The largest absolute Gasteiger partial charge is 0.492 e. The second-order valence-corrected chi connectivity index (χ2v) is 14.6. The number of carbonyl (C=O) groups excluding carboxylic acids is 2. The van der Waals surface area contributed by atoms with E-state index in [1.165, 1.54) is 30.3 Å². The first-order valence-electron chi connectivity index (χ1n) is 17.4. The van der Waals surface area contributed by atoms with E-state index in [2.05, 4.69) is 15.6 Å². The van der Waals surface area contributed by atoms with E-state index in [-0.39, 0.29) is 55.6 Å². The molecule has 3 N–H and O–H groups in total. The maximum atomic E-state index is 13.7. The molecule has 3 saturated heterocycles. The number of rotatable bonds is 12. The van der Waals surface area contributed by atoms with Crippen molar-refractivity contribution < 1.29 is 60.0 Å². The maximum absolute atomic E-state index is 13.7. The lowest BCUT2D eigenvalue weighted by Crippen LogP contribution is -2.45. The van der Waals surface area contributed by atoms with E-state index in [4.69, 9.17) is 26.4 Å². The van der Waals surface area contributed by atoms with Gasteiger partial charge in [0, 0.05) is 44.0 Å². The lowest BCUT2D eigenvalue weighted by Gasteiger charge is -2.30. The third-order valence-corrected chi connectivity index (χ3v) is 10.3. The summed E-state index contributed by atoms with van der Waals surface area (Å²) in [6, 6.07) is 9.79. The first-order valence-corrected chi connectivity index (χ1v) is 18.7. The van der Waals surface area contributed by atoms with E-state index < -0.39 is 47.8 Å². The van der Waals surface area contributed by atoms with Gasteiger partial charge in [0.2, 0.25) is 5.91 Å². The molecule has 20 heteroatoms. The van der Waals surface area contributed by atoms with Crippen LogP contribution in [0, 0.1) is 0 Å². The Hall–Kier alpha value is -4.73. The SMILES string of the molecule is O=C(CNN1C(=O)/C(=C/c2cc(-c3cc(C(F)(F)F)cc(C(F)(F)F)c3)ccc2OCCN2CCOCC2)SC1=S)Nc1ccc(N2CCOCC2)c(C(=O)O)c1. The zero-order valence-corrected chi connectivity index (χ0v) is 31.5. The van der Waals surface area contributed by atoms with Crippen molar-refractivity contribution in [2.75, 3.05) is 82.5 Å². The van der Waals surface area contributed by atoms with Crippen molar-refractivity contribution >= 4 is 63.5 Å². The van der Waals surface area contributed by atoms with Crippen LogP contribution in [0.3, 0.4) is 0 Å². The van der Waals surface area contributed by atoms with Crippen molar-refractivity contribution in [3.05, 3.63) is 81.8 Å². The van der Waals surface area contributed by atoms with Gasteiger partial charge in [-0.2, -0.15) is 26.3 Å². The van der Waals surface area contributed by atoms with Crippen LogP contribution >= 0.6 is 24.0 Å². The van der Waals surface area contributed by atoms with Gasteiger partial charge in [-0.3, -0.25) is 14.5 Å². The van der Waals surface area contributed by atoms with Gasteiger partial charge in [0.15, 0.2) is 4.32 Å². The number of hydrogen-bond donors (Lipinski definition) is 3. The molecular weight excluding hydrogens is 805 g/mol. The number of nitrogens with zero attached hydrogens (tertiary/aromatic N) is 3. The number of halogens is 6. The van der Waals surface area contributed by atoms with Crippen LogP contribution in [0.15, 0.2) is 59.5 Å². The van der Waals surface area contributed by atoms with Crippen LogP contribution in [0.2, 0.25) is 0 Å². The normalized spacial score (nSPS) is 17.7. The Morgan fingerprint density at radius 1 is 0.877 bits per heavy atom. The molecule has 3 fully saturated rings. The molecule has 3 aliphatic heterocycles. The van der Waals surface area contributed by atoms with Crippen LogP contribution < -0.4 is 20.4 Å².